The number of rotatable bonds is 5. The quantitative estimate of drug-likeness (QED) is 0.610. The summed E-state index contributed by atoms with van der Waals surface area (Å²) in [5.41, 5.74) is 0.566. The fraction of sp³-hybridized carbons (Fsp3) is 0.133. The summed E-state index contributed by atoms with van der Waals surface area (Å²) in [5, 5.41) is 0. The number of methoxy groups -OCH3 is 1. The van der Waals surface area contributed by atoms with Crippen LogP contribution in [0.25, 0.3) is 0 Å². The Morgan fingerprint density at radius 3 is 1.88 bits per heavy atom. The van der Waals surface area contributed by atoms with Gasteiger partial charge in [0.15, 0.2) is 0 Å². The zero-order chi connectivity index (χ0) is 18.0. The molecule has 0 radical (unpaired) electrons. The topological polar surface area (TPSA) is 118 Å². The molecule has 2 aromatic rings. The maximum atomic E-state index is 12.5. The van der Waals surface area contributed by atoms with Crippen molar-refractivity contribution in [1.29, 1.82) is 0 Å². The lowest BCUT2D eigenvalue weighted by atomic mass is 10.2. The average molecular weight is 370 g/mol. The standard InChI is InChI=1S/C15H15O7PS/c1-22-15(16)12-4-8-14(9-5-12)24(20,21)13-6-2-11(3-7-13)10-23(17,18)19/h2-9H,10H2,1H3,(H2,17,18,19). The Morgan fingerprint density at radius 2 is 1.46 bits per heavy atom. The smallest absolute Gasteiger partial charge is 0.337 e. The second-order valence-electron chi connectivity index (χ2n) is 4.99. The van der Waals surface area contributed by atoms with Gasteiger partial charge in [-0.25, -0.2) is 13.2 Å². The van der Waals surface area contributed by atoms with Crippen molar-refractivity contribution < 1.29 is 32.3 Å². The molecule has 0 saturated carbocycles. The molecular weight excluding hydrogens is 355 g/mol. The number of esters is 1. The number of benzene rings is 2. The van der Waals surface area contributed by atoms with E-state index in [1.165, 1.54) is 55.6 Å². The van der Waals surface area contributed by atoms with Gasteiger partial charge < -0.3 is 14.5 Å². The van der Waals surface area contributed by atoms with Crippen LogP contribution < -0.4 is 0 Å². The first kappa shape index (κ1) is 18.4. The lowest BCUT2D eigenvalue weighted by molar-refractivity contribution is 0.0600. The van der Waals surface area contributed by atoms with Gasteiger partial charge >= 0.3 is 13.6 Å². The predicted octanol–water partition coefficient (Wildman–Crippen LogP) is 1.98. The van der Waals surface area contributed by atoms with Gasteiger partial charge in [-0.1, -0.05) is 12.1 Å². The van der Waals surface area contributed by atoms with Gasteiger partial charge in [0.1, 0.15) is 0 Å². The van der Waals surface area contributed by atoms with Crippen LogP contribution in [0, 0.1) is 0 Å². The molecule has 2 aromatic carbocycles. The van der Waals surface area contributed by atoms with Crippen molar-refractivity contribution in [2.45, 2.75) is 16.0 Å². The summed E-state index contributed by atoms with van der Waals surface area (Å²) in [6, 6.07) is 10.6. The minimum Gasteiger partial charge on any atom is -0.465 e. The Hall–Kier alpha value is -1.99. The number of ether oxygens (including phenoxy) is 1. The summed E-state index contributed by atoms with van der Waals surface area (Å²) in [6.07, 6.45) is -0.457. The van der Waals surface area contributed by atoms with Crippen molar-refractivity contribution in [3.63, 3.8) is 0 Å². The molecule has 0 heterocycles. The second-order valence-corrected chi connectivity index (χ2v) is 8.58. The molecular formula is C15H15O7PS. The van der Waals surface area contributed by atoms with Crippen LogP contribution in [0.1, 0.15) is 15.9 Å². The third-order valence-electron chi connectivity index (χ3n) is 3.21. The maximum absolute atomic E-state index is 12.5. The van der Waals surface area contributed by atoms with E-state index < -0.39 is 29.6 Å². The molecule has 0 aromatic heterocycles. The third kappa shape index (κ3) is 4.30. The van der Waals surface area contributed by atoms with Crippen LogP contribution in [0.5, 0.6) is 0 Å². The molecule has 128 valence electrons. The molecule has 9 heteroatoms. The highest BCUT2D eigenvalue weighted by atomic mass is 32.2. The van der Waals surface area contributed by atoms with Crippen molar-refractivity contribution in [2.24, 2.45) is 0 Å². The zero-order valence-electron chi connectivity index (χ0n) is 12.6. The van der Waals surface area contributed by atoms with Crippen molar-refractivity contribution >= 4 is 23.4 Å². The molecule has 0 bridgehead atoms. The summed E-state index contributed by atoms with van der Waals surface area (Å²) in [4.78, 5) is 29.2. The van der Waals surface area contributed by atoms with Gasteiger partial charge in [-0.15, -0.1) is 0 Å². The van der Waals surface area contributed by atoms with Crippen molar-refractivity contribution in [2.75, 3.05) is 7.11 Å². The molecule has 7 nitrogen and oxygen atoms in total. The Morgan fingerprint density at radius 1 is 1.00 bits per heavy atom. The largest absolute Gasteiger partial charge is 0.465 e. The molecule has 0 spiro atoms. The third-order valence-corrected chi connectivity index (χ3v) is 5.77. The molecule has 2 N–H and O–H groups in total. The first-order valence-electron chi connectivity index (χ1n) is 6.70. The van der Waals surface area contributed by atoms with Crippen LogP contribution in [-0.4, -0.2) is 31.3 Å². The van der Waals surface area contributed by atoms with Gasteiger partial charge in [0, 0.05) is 0 Å². The monoisotopic (exact) mass is 370 g/mol. The van der Waals surface area contributed by atoms with E-state index in [1.807, 2.05) is 0 Å². The summed E-state index contributed by atoms with van der Waals surface area (Å²) < 4.78 is 40.5. The molecule has 0 amide bonds. The highest BCUT2D eigenvalue weighted by molar-refractivity contribution is 7.91. The Kier molecular flexibility index (Phi) is 5.25. The van der Waals surface area contributed by atoms with Crippen molar-refractivity contribution in [1.82, 2.24) is 0 Å². The van der Waals surface area contributed by atoms with E-state index in [1.54, 1.807) is 0 Å². The van der Waals surface area contributed by atoms with Crippen LogP contribution in [0.4, 0.5) is 0 Å². The normalized spacial score (nSPS) is 12.0. The minimum absolute atomic E-state index is 0.00195. The van der Waals surface area contributed by atoms with E-state index in [0.29, 0.717) is 5.56 Å². The molecule has 0 fully saturated rings. The molecule has 24 heavy (non-hydrogen) atoms. The number of hydrogen-bond acceptors (Lipinski definition) is 5. The van der Waals surface area contributed by atoms with E-state index in [-0.39, 0.29) is 15.4 Å². The van der Waals surface area contributed by atoms with Crippen LogP contribution >= 0.6 is 7.60 Å². The Balaban J connectivity index is 2.30. The lowest BCUT2D eigenvalue weighted by Gasteiger charge is -2.08. The van der Waals surface area contributed by atoms with Crippen molar-refractivity contribution in [3.05, 3.63) is 59.7 Å². The fourth-order valence-electron chi connectivity index (χ4n) is 2.04. The molecule has 0 atom stereocenters. The molecule has 0 unspecified atom stereocenters. The Labute approximate surface area is 139 Å². The number of carbonyl (C=O) groups excluding carboxylic acids is 1. The molecule has 0 aliphatic rings. The van der Waals surface area contributed by atoms with E-state index in [2.05, 4.69) is 4.74 Å². The van der Waals surface area contributed by atoms with Gasteiger partial charge in [0.2, 0.25) is 9.84 Å². The zero-order valence-corrected chi connectivity index (χ0v) is 14.3. The van der Waals surface area contributed by atoms with E-state index in [9.17, 15) is 17.8 Å². The summed E-state index contributed by atoms with van der Waals surface area (Å²) in [6.45, 7) is 0. The average Bonchev–Trinajstić information content (AvgIpc) is 2.53. The molecule has 2 rings (SSSR count). The van der Waals surface area contributed by atoms with E-state index >= 15 is 0 Å². The number of carbonyl (C=O) groups is 1. The fourth-order valence-corrected chi connectivity index (χ4v) is 3.98. The van der Waals surface area contributed by atoms with Gasteiger partial charge in [0.05, 0.1) is 28.6 Å². The summed E-state index contributed by atoms with van der Waals surface area (Å²) in [5.74, 6) is -0.569. The number of sulfone groups is 1. The van der Waals surface area contributed by atoms with Crippen LogP contribution in [0.15, 0.2) is 58.3 Å². The second kappa shape index (κ2) is 6.86. The molecule has 0 aliphatic heterocycles. The minimum atomic E-state index is -4.21. The van der Waals surface area contributed by atoms with Gasteiger partial charge in [-0.3, -0.25) is 4.57 Å². The van der Waals surface area contributed by atoms with Crippen LogP contribution in [0.2, 0.25) is 0 Å². The predicted molar refractivity (Wildman–Crippen MR) is 85.4 cm³/mol. The van der Waals surface area contributed by atoms with Crippen LogP contribution in [-0.2, 0) is 25.3 Å². The lowest BCUT2D eigenvalue weighted by Crippen LogP contribution is -2.05. The highest BCUT2D eigenvalue weighted by Crippen LogP contribution is 2.39. The van der Waals surface area contributed by atoms with Gasteiger partial charge in [0.25, 0.3) is 0 Å². The van der Waals surface area contributed by atoms with E-state index in [4.69, 9.17) is 9.79 Å². The first-order valence-corrected chi connectivity index (χ1v) is 9.98. The maximum Gasteiger partial charge on any atom is 0.337 e. The highest BCUT2D eigenvalue weighted by Gasteiger charge is 2.19. The van der Waals surface area contributed by atoms with E-state index in [0.717, 1.165) is 0 Å². The summed E-state index contributed by atoms with van der Waals surface area (Å²) >= 11 is 0. The van der Waals surface area contributed by atoms with Crippen molar-refractivity contribution in [3.8, 4) is 0 Å². The van der Waals surface area contributed by atoms with Gasteiger partial charge in [-0.2, -0.15) is 0 Å². The van der Waals surface area contributed by atoms with Gasteiger partial charge in [-0.05, 0) is 42.0 Å². The first-order chi connectivity index (χ1) is 11.1. The molecule has 0 saturated heterocycles. The Bertz CT molecular complexity index is 880. The SMILES string of the molecule is COC(=O)c1ccc(S(=O)(=O)c2ccc(CP(=O)(O)O)cc2)cc1. The summed E-state index contributed by atoms with van der Waals surface area (Å²) in [7, 11) is -6.78. The number of hydrogen-bond donors (Lipinski definition) is 2. The van der Waals surface area contributed by atoms with Crippen LogP contribution in [0.3, 0.4) is 0 Å². The molecule has 0 aliphatic carbocycles.